The van der Waals surface area contributed by atoms with Crippen LogP contribution < -0.4 is 0 Å². The number of hydrogen-bond acceptors (Lipinski definition) is 4. The molecule has 5 heteroatoms. The maximum atomic E-state index is 11.0. The average molecular weight is 166 g/mol. The Bertz CT molecular complexity index is 145. The standard InChI is InChI=1S/C5H11O4P/c1-4-8-10(6,7-3)9-5-2/h4H,1,5H2,2-3H3. The monoisotopic (exact) mass is 166 g/mol. The highest BCUT2D eigenvalue weighted by Gasteiger charge is 2.22. The highest BCUT2D eigenvalue weighted by Crippen LogP contribution is 2.48. The SMILES string of the molecule is C=COP(=O)(OC)OCC. The van der Waals surface area contributed by atoms with Gasteiger partial charge in [-0.15, -0.1) is 0 Å². The lowest BCUT2D eigenvalue weighted by Gasteiger charge is -2.11. The smallest absolute Gasteiger partial charge is 0.413 e. The first kappa shape index (κ1) is 9.69. The molecule has 4 nitrogen and oxygen atoms in total. The molecule has 10 heavy (non-hydrogen) atoms. The van der Waals surface area contributed by atoms with Gasteiger partial charge in [0.1, 0.15) is 0 Å². The van der Waals surface area contributed by atoms with Crippen LogP contribution in [0.15, 0.2) is 12.8 Å². The minimum absolute atomic E-state index is 0.277. The Kier molecular flexibility index (Phi) is 4.36. The fraction of sp³-hybridized carbons (Fsp3) is 0.600. The summed E-state index contributed by atoms with van der Waals surface area (Å²) in [4.78, 5) is 0. The molecule has 1 unspecified atom stereocenters. The number of hydrogen-bond donors (Lipinski definition) is 0. The summed E-state index contributed by atoms with van der Waals surface area (Å²) in [7, 11) is -2.07. The van der Waals surface area contributed by atoms with Crippen molar-refractivity contribution in [2.24, 2.45) is 0 Å². The van der Waals surface area contributed by atoms with Crippen LogP contribution in [-0.4, -0.2) is 13.7 Å². The van der Waals surface area contributed by atoms with E-state index in [4.69, 9.17) is 0 Å². The topological polar surface area (TPSA) is 44.8 Å². The average Bonchev–Trinajstić information content (AvgIpc) is 1.89. The minimum atomic E-state index is -3.32. The predicted octanol–water partition coefficient (Wildman–Crippen LogP) is 1.94. The third-order valence-corrected chi connectivity index (χ3v) is 2.14. The molecule has 0 aromatic heterocycles. The Hall–Kier alpha value is -0.310. The first-order valence-corrected chi connectivity index (χ1v) is 4.24. The number of phosphoric ester groups is 1. The van der Waals surface area contributed by atoms with Gasteiger partial charge in [0.25, 0.3) is 0 Å². The lowest BCUT2D eigenvalue weighted by atomic mass is 10.9. The molecule has 0 saturated carbocycles. The van der Waals surface area contributed by atoms with E-state index in [9.17, 15) is 4.57 Å². The summed E-state index contributed by atoms with van der Waals surface area (Å²) < 4.78 is 24.7. The highest BCUT2D eigenvalue weighted by atomic mass is 31.2. The van der Waals surface area contributed by atoms with E-state index < -0.39 is 7.82 Å². The summed E-state index contributed by atoms with van der Waals surface area (Å²) in [5.74, 6) is 0. The quantitative estimate of drug-likeness (QED) is 0.462. The summed E-state index contributed by atoms with van der Waals surface area (Å²) in [5, 5.41) is 0. The Morgan fingerprint density at radius 3 is 2.60 bits per heavy atom. The summed E-state index contributed by atoms with van der Waals surface area (Å²) in [6.07, 6.45) is 1.03. The van der Waals surface area contributed by atoms with Crippen molar-refractivity contribution in [2.45, 2.75) is 6.92 Å². The maximum absolute atomic E-state index is 11.0. The molecule has 0 aromatic carbocycles. The minimum Gasteiger partial charge on any atom is -0.413 e. The van der Waals surface area contributed by atoms with E-state index >= 15 is 0 Å². The first-order valence-electron chi connectivity index (χ1n) is 2.78. The van der Waals surface area contributed by atoms with E-state index in [2.05, 4.69) is 20.2 Å². The van der Waals surface area contributed by atoms with Crippen molar-refractivity contribution >= 4 is 7.82 Å². The summed E-state index contributed by atoms with van der Waals surface area (Å²) in [6, 6.07) is 0. The van der Waals surface area contributed by atoms with Crippen LogP contribution in [0.2, 0.25) is 0 Å². The number of rotatable bonds is 5. The Morgan fingerprint density at radius 2 is 2.30 bits per heavy atom. The zero-order valence-corrected chi connectivity index (χ0v) is 6.97. The number of phosphoric acid groups is 1. The van der Waals surface area contributed by atoms with Crippen LogP contribution in [0, 0.1) is 0 Å². The molecule has 60 valence electrons. The fourth-order valence-corrected chi connectivity index (χ4v) is 1.13. The van der Waals surface area contributed by atoms with Gasteiger partial charge < -0.3 is 4.52 Å². The van der Waals surface area contributed by atoms with Gasteiger partial charge in [-0.05, 0) is 6.92 Å². The predicted molar refractivity (Wildman–Crippen MR) is 37.5 cm³/mol. The van der Waals surface area contributed by atoms with Crippen molar-refractivity contribution in [1.82, 2.24) is 0 Å². The van der Waals surface area contributed by atoms with Crippen LogP contribution in [0.3, 0.4) is 0 Å². The second kappa shape index (κ2) is 4.50. The van der Waals surface area contributed by atoms with Crippen molar-refractivity contribution in [1.29, 1.82) is 0 Å². The van der Waals surface area contributed by atoms with Crippen molar-refractivity contribution < 1.29 is 18.1 Å². The second-order valence-corrected chi connectivity index (χ2v) is 3.05. The van der Waals surface area contributed by atoms with Gasteiger partial charge >= 0.3 is 7.82 Å². The fourth-order valence-electron chi connectivity index (χ4n) is 0.376. The van der Waals surface area contributed by atoms with Crippen LogP contribution in [0.25, 0.3) is 0 Å². The third kappa shape index (κ3) is 3.01. The van der Waals surface area contributed by atoms with Crippen molar-refractivity contribution in [3.05, 3.63) is 12.8 Å². The van der Waals surface area contributed by atoms with Gasteiger partial charge in [0.15, 0.2) is 0 Å². The zero-order chi connectivity index (χ0) is 8.04. The highest BCUT2D eigenvalue weighted by molar-refractivity contribution is 7.48. The summed E-state index contributed by atoms with van der Waals surface area (Å²) >= 11 is 0. The molecule has 0 bridgehead atoms. The van der Waals surface area contributed by atoms with Crippen LogP contribution in [0.5, 0.6) is 0 Å². The third-order valence-electron chi connectivity index (χ3n) is 0.714. The largest absolute Gasteiger partial charge is 0.529 e. The Morgan fingerprint density at radius 1 is 1.70 bits per heavy atom. The molecule has 1 atom stereocenters. The Labute approximate surface area is 60.4 Å². The molecule has 0 aliphatic carbocycles. The molecule has 0 spiro atoms. The van der Waals surface area contributed by atoms with Crippen molar-refractivity contribution in [2.75, 3.05) is 13.7 Å². The molecule has 0 rings (SSSR count). The van der Waals surface area contributed by atoms with E-state index in [1.807, 2.05) is 0 Å². The summed E-state index contributed by atoms with van der Waals surface area (Å²) in [6.45, 7) is 5.19. The van der Waals surface area contributed by atoms with Crippen LogP contribution in [0.4, 0.5) is 0 Å². The van der Waals surface area contributed by atoms with Crippen LogP contribution >= 0.6 is 7.82 Å². The Balaban J connectivity index is 3.94. The van der Waals surface area contributed by atoms with Gasteiger partial charge in [-0.1, -0.05) is 6.58 Å². The normalized spacial score (nSPS) is 15.8. The van der Waals surface area contributed by atoms with E-state index in [0.29, 0.717) is 0 Å². The van der Waals surface area contributed by atoms with Crippen molar-refractivity contribution in [3.63, 3.8) is 0 Å². The lowest BCUT2D eigenvalue weighted by Crippen LogP contribution is -1.92. The molecule has 0 aliphatic rings. The second-order valence-electron chi connectivity index (χ2n) is 1.32. The molecule has 0 fully saturated rings. The van der Waals surface area contributed by atoms with E-state index in [-0.39, 0.29) is 6.61 Å². The van der Waals surface area contributed by atoms with Gasteiger partial charge in [-0.2, -0.15) is 0 Å². The van der Waals surface area contributed by atoms with Crippen molar-refractivity contribution in [3.8, 4) is 0 Å². The molecule has 0 saturated heterocycles. The summed E-state index contributed by atoms with van der Waals surface area (Å²) in [5.41, 5.74) is 0. The zero-order valence-electron chi connectivity index (χ0n) is 6.07. The van der Waals surface area contributed by atoms with Crippen LogP contribution in [-0.2, 0) is 18.1 Å². The molecule has 0 radical (unpaired) electrons. The molecule has 0 aromatic rings. The molecular weight excluding hydrogens is 155 g/mol. The van der Waals surface area contributed by atoms with Gasteiger partial charge in [0, 0.05) is 7.11 Å². The molecule has 0 aliphatic heterocycles. The molecular formula is C5H11O4P. The van der Waals surface area contributed by atoms with Gasteiger partial charge in [0.05, 0.1) is 12.9 Å². The van der Waals surface area contributed by atoms with E-state index in [1.165, 1.54) is 7.11 Å². The molecule has 0 heterocycles. The first-order chi connectivity index (χ1) is 4.68. The lowest BCUT2D eigenvalue weighted by molar-refractivity contribution is 0.172. The maximum Gasteiger partial charge on any atom is 0.529 e. The van der Waals surface area contributed by atoms with E-state index in [0.717, 1.165) is 6.26 Å². The van der Waals surface area contributed by atoms with Crippen LogP contribution in [0.1, 0.15) is 6.92 Å². The van der Waals surface area contributed by atoms with Gasteiger partial charge in [-0.3, -0.25) is 9.05 Å². The van der Waals surface area contributed by atoms with E-state index in [1.54, 1.807) is 6.92 Å². The van der Waals surface area contributed by atoms with Gasteiger partial charge in [-0.25, -0.2) is 4.57 Å². The van der Waals surface area contributed by atoms with Gasteiger partial charge in [0.2, 0.25) is 0 Å². The molecule has 0 amide bonds. The molecule has 0 N–H and O–H groups in total.